The summed E-state index contributed by atoms with van der Waals surface area (Å²) in [4.78, 5) is 3.18. The SMILES string of the molecule is Cc1ccc(C(C)(C)C)c(Oc2nc(F)c(F)cc2F)c1. The minimum Gasteiger partial charge on any atom is -0.436 e. The summed E-state index contributed by atoms with van der Waals surface area (Å²) in [5, 5.41) is 0. The average molecular weight is 295 g/mol. The summed E-state index contributed by atoms with van der Waals surface area (Å²) in [6, 6.07) is 5.90. The molecular formula is C16H16F3NO. The minimum atomic E-state index is -1.39. The highest BCUT2D eigenvalue weighted by molar-refractivity contribution is 5.43. The molecule has 1 aromatic carbocycles. The molecule has 0 unspecified atom stereocenters. The molecule has 0 spiro atoms. The Kier molecular flexibility index (Phi) is 3.94. The van der Waals surface area contributed by atoms with Crippen molar-refractivity contribution in [2.75, 3.05) is 0 Å². The smallest absolute Gasteiger partial charge is 0.258 e. The Balaban J connectivity index is 2.49. The van der Waals surface area contributed by atoms with Crippen LogP contribution in [0.5, 0.6) is 11.6 Å². The molecule has 21 heavy (non-hydrogen) atoms. The maximum Gasteiger partial charge on any atom is 0.258 e. The van der Waals surface area contributed by atoms with Gasteiger partial charge in [0.15, 0.2) is 11.6 Å². The summed E-state index contributed by atoms with van der Waals surface area (Å²) in [5.74, 6) is -3.99. The van der Waals surface area contributed by atoms with E-state index >= 15 is 0 Å². The molecule has 0 bridgehead atoms. The van der Waals surface area contributed by atoms with Gasteiger partial charge in [0, 0.05) is 11.6 Å². The molecule has 0 atom stereocenters. The molecule has 2 aromatic rings. The van der Waals surface area contributed by atoms with Gasteiger partial charge in [0.05, 0.1) is 0 Å². The van der Waals surface area contributed by atoms with Gasteiger partial charge in [-0.15, -0.1) is 0 Å². The molecule has 5 heteroatoms. The van der Waals surface area contributed by atoms with Crippen LogP contribution in [0, 0.1) is 24.5 Å². The molecule has 0 aliphatic carbocycles. The third kappa shape index (κ3) is 3.35. The average Bonchev–Trinajstić information content (AvgIpc) is 2.34. The highest BCUT2D eigenvalue weighted by atomic mass is 19.2. The Labute approximate surface area is 121 Å². The first-order valence-corrected chi connectivity index (χ1v) is 6.49. The molecule has 0 amide bonds. The molecule has 0 aliphatic rings. The van der Waals surface area contributed by atoms with E-state index in [0.717, 1.165) is 11.1 Å². The molecule has 1 heterocycles. The molecule has 112 valence electrons. The fraction of sp³-hybridized carbons (Fsp3) is 0.312. The van der Waals surface area contributed by atoms with E-state index in [1.807, 2.05) is 39.8 Å². The van der Waals surface area contributed by atoms with Gasteiger partial charge in [0.1, 0.15) is 5.75 Å². The predicted octanol–water partition coefficient (Wildman–Crippen LogP) is 4.90. The number of nitrogens with zero attached hydrogens (tertiary/aromatic N) is 1. The second-order valence-electron chi connectivity index (χ2n) is 5.90. The number of hydrogen-bond acceptors (Lipinski definition) is 2. The number of pyridine rings is 1. The van der Waals surface area contributed by atoms with E-state index in [-0.39, 0.29) is 5.41 Å². The highest BCUT2D eigenvalue weighted by Gasteiger charge is 2.21. The van der Waals surface area contributed by atoms with Crippen molar-refractivity contribution >= 4 is 0 Å². The van der Waals surface area contributed by atoms with Crippen LogP contribution in [0.2, 0.25) is 0 Å². The maximum atomic E-state index is 13.7. The van der Waals surface area contributed by atoms with Crippen LogP contribution < -0.4 is 4.74 Å². The van der Waals surface area contributed by atoms with Crippen LogP contribution in [0.25, 0.3) is 0 Å². The second kappa shape index (κ2) is 5.39. The van der Waals surface area contributed by atoms with Gasteiger partial charge in [-0.3, -0.25) is 0 Å². The summed E-state index contributed by atoms with van der Waals surface area (Å²) < 4.78 is 45.1. The Morgan fingerprint density at radius 2 is 1.67 bits per heavy atom. The van der Waals surface area contributed by atoms with E-state index in [1.54, 1.807) is 6.07 Å². The number of hydrogen-bond donors (Lipinski definition) is 0. The lowest BCUT2D eigenvalue weighted by atomic mass is 9.86. The van der Waals surface area contributed by atoms with Crippen LogP contribution in [0.3, 0.4) is 0 Å². The van der Waals surface area contributed by atoms with Crippen molar-refractivity contribution in [3.05, 3.63) is 53.0 Å². The molecule has 0 fully saturated rings. The van der Waals surface area contributed by atoms with Gasteiger partial charge in [-0.25, -0.2) is 8.78 Å². The Morgan fingerprint density at radius 3 is 2.29 bits per heavy atom. The first-order chi connectivity index (χ1) is 9.68. The van der Waals surface area contributed by atoms with E-state index < -0.39 is 23.5 Å². The summed E-state index contributed by atoms with van der Waals surface area (Å²) in [6.45, 7) is 7.77. The van der Waals surface area contributed by atoms with Crippen molar-refractivity contribution in [2.24, 2.45) is 0 Å². The zero-order valence-corrected chi connectivity index (χ0v) is 12.3. The quantitative estimate of drug-likeness (QED) is 0.735. The molecule has 0 saturated heterocycles. The first-order valence-electron chi connectivity index (χ1n) is 6.49. The molecule has 2 nitrogen and oxygen atoms in total. The third-order valence-corrected chi connectivity index (χ3v) is 3.01. The van der Waals surface area contributed by atoms with Gasteiger partial charge in [0.2, 0.25) is 0 Å². The van der Waals surface area contributed by atoms with Crippen molar-refractivity contribution in [3.63, 3.8) is 0 Å². The number of ether oxygens (including phenoxy) is 1. The predicted molar refractivity (Wildman–Crippen MR) is 74.1 cm³/mol. The van der Waals surface area contributed by atoms with Crippen molar-refractivity contribution in [1.82, 2.24) is 4.98 Å². The topological polar surface area (TPSA) is 22.1 Å². The lowest BCUT2D eigenvalue weighted by Crippen LogP contribution is -2.13. The van der Waals surface area contributed by atoms with Crippen LogP contribution in [-0.4, -0.2) is 4.98 Å². The number of aromatic nitrogens is 1. The molecule has 1 aromatic heterocycles. The summed E-state index contributed by atoms with van der Waals surface area (Å²) >= 11 is 0. The lowest BCUT2D eigenvalue weighted by Gasteiger charge is -2.23. The van der Waals surface area contributed by atoms with Crippen LogP contribution in [-0.2, 0) is 5.41 Å². The third-order valence-electron chi connectivity index (χ3n) is 3.01. The van der Waals surface area contributed by atoms with Crippen molar-refractivity contribution in [1.29, 1.82) is 0 Å². The highest BCUT2D eigenvalue weighted by Crippen LogP contribution is 2.35. The second-order valence-corrected chi connectivity index (χ2v) is 5.90. The van der Waals surface area contributed by atoms with Crippen molar-refractivity contribution < 1.29 is 17.9 Å². The van der Waals surface area contributed by atoms with Gasteiger partial charge < -0.3 is 4.74 Å². The van der Waals surface area contributed by atoms with Gasteiger partial charge in [-0.2, -0.15) is 9.37 Å². The summed E-state index contributed by atoms with van der Waals surface area (Å²) in [7, 11) is 0. The fourth-order valence-corrected chi connectivity index (χ4v) is 1.94. The minimum absolute atomic E-state index is 0.252. The summed E-state index contributed by atoms with van der Waals surface area (Å²) in [5.41, 5.74) is 1.47. The van der Waals surface area contributed by atoms with Gasteiger partial charge >= 0.3 is 0 Å². The molecular weight excluding hydrogens is 279 g/mol. The van der Waals surface area contributed by atoms with Gasteiger partial charge in [0.25, 0.3) is 11.8 Å². The van der Waals surface area contributed by atoms with E-state index in [2.05, 4.69) is 4.98 Å². The zero-order chi connectivity index (χ0) is 15.8. The molecule has 0 saturated carbocycles. The summed E-state index contributed by atoms with van der Waals surface area (Å²) in [6.07, 6.45) is 0. The Bertz CT molecular complexity index is 678. The van der Waals surface area contributed by atoms with Gasteiger partial charge in [-0.05, 0) is 24.0 Å². The van der Waals surface area contributed by atoms with Gasteiger partial charge in [-0.1, -0.05) is 32.9 Å². The number of rotatable bonds is 2. The normalized spacial score (nSPS) is 11.6. The van der Waals surface area contributed by atoms with E-state index in [1.165, 1.54) is 0 Å². The van der Waals surface area contributed by atoms with E-state index in [9.17, 15) is 13.2 Å². The zero-order valence-electron chi connectivity index (χ0n) is 12.3. The number of halogens is 3. The van der Waals surface area contributed by atoms with Crippen LogP contribution >= 0.6 is 0 Å². The van der Waals surface area contributed by atoms with Crippen molar-refractivity contribution in [3.8, 4) is 11.6 Å². The fourth-order valence-electron chi connectivity index (χ4n) is 1.94. The largest absolute Gasteiger partial charge is 0.436 e. The molecule has 0 aliphatic heterocycles. The number of aryl methyl sites for hydroxylation is 1. The standard InChI is InChI=1S/C16H16F3NO/c1-9-5-6-10(16(2,3)4)13(7-9)21-15-12(18)8-11(17)14(19)20-15/h5-8H,1-4H3. The van der Waals surface area contributed by atoms with E-state index in [4.69, 9.17) is 4.74 Å². The number of benzene rings is 1. The monoisotopic (exact) mass is 295 g/mol. The van der Waals surface area contributed by atoms with Crippen LogP contribution in [0.4, 0.5) is 13.2 Å². The van der Waals surface area contributed by atoms with Crippen molar-refractivity contribution in [2.45, 2.75) is 33.1 Å². The van der Waals surface area contributed by atoms with E-state index in [0.29, 0.717) is 11.8 Å². The van der Waals surface area contributed by atoms with Crippen LogP contribution in [0.15, 0.2) is 24.3 Å². The lowest BCUT2D eigenvalue weighted by molar-refractivity contribution is 0.378. The molecule has 0 radical (unpaired) electrons. The Morgan fingerprint density at radius 1 is 1.00 bits per heavy atom. The Hall–Kier alpha value is -2.04. The first kappa shape index (κ1) is 15.4. The maximum absolute atomic E-state index is 13.7. The van der Waals surface area contributed by atoms with Crippen LogP contribution in [0.1, 0.15) is 31.9 Å². The molecule has 2 rings (SSSR count). The molecule has 0 N–H and O–H groups in total.